The van der Waals surface area contributed by atoms with Crippen LogP contribution < -0.4 is 5.73 Å². The van der Waals surface area contributed by atoms with Crippen molar-refractivity contribution in [2.45, 2.75) is 33.4 Å². The summed E-state index contributed by atoms with van der Waals surface area (Å²) < 4.78 is 2.09. The highest BCUT2D eigenvalue weighted by Gasteiger charge is 2.15. The number of hydrogen-bond acceptors (Lipinski definition) is 4. The van der Waals surface area contributed by atoms with Crippen LogP contribution in [0.1, 0.15) is 32.7 Å². The van der Waals surface area contributed by atoms with E-state index in [0.29, 0.717) is 11.5 Å². The number of aromatic nitrogens is 2. The Hall–Kier alpha value is -1.59. The second-order valence-electron chi connectivity index (χ2n) is 5.07. The van der Waals surface area contributed by atoms with Crippen LogP contribution in [0.5, 0.6) is 0 Å². The lowest BCUT2D eigenvalue weighted by Crippen LogP contribution is -2.27. The molecule has 1 aromatic heterocycles. The van der Waals surface area contributed by atoms with Crippen LogP contribution in [0.15, 0.2) is 18.2 Å². The summed E-state index contributed by atoms with van der Waals surface area (Å²) in [4.78, 5) is 6.87. The fourth-order valence-electron chi connectivity index (χ4n) is 2.50. The number of nitrogen functional groups attached to an aromatic ring is 1. The molecule has 0 bridgehead atoms. The first kappa shape index (κ1) is 14.8. The van der Waals surface area contributed by atoms with Gasteiger partial charge in [-0.25, -0.2) is 4.98 Å². The van der Waals surface area contributed by atoms with Gasteiger partial charge in [0.05, 0.1) is 11.0 Å². The predicted octanol–water partition coefficient (Wildman–Crippen LogP) is 2.01. The van der Waals surface area contributed by atoms with Crippen LogP contribution in [0.25, 0.3) is 11.0 Å². The third-order valence-corrected chi connectivity index (χ3v) is 3.71. The Morgan fingerprint density at radius 3 is 2.65 bits per heavy atom. The Labute approximate surface area is 120 Å². The summed E-state index contributed by atoms with van der Waals surface area (Å²) in [6.07, 6.45) is -0.583. The van der Waals surface area contributed by atoms with Crippen molar-refractivity contribution in [2.24, 2.45) is 0 Å². The number of nitrogens with zero attached hydrogens (tertiary/aromatic N) is 3. The number of benzene rings is 1. The number of fused-ring (bicyclic) bond motifs is 1. The fourth-order valence-corrected chi connectivity index (χ4v) is 2.50. The number of hydrogen-bond donors (Lipinski definition) is 2. The lowest BCUT2D eigenvalue weighted by Gasteiger charge is -2.19. The molecule has 1 atom stereocenters. The second kappa shape index (κ2) is 6.24. The van der Waals surface area contributed by atoms with E-state index >= 15 is 0 Å². The standard InChI is InChI=1S/C15H24N4O/c1-4-18(5-2)8-9-19-14-7-6-12(16)10-13(14)17-15(19)11(3)20/h6-7,10-11,20H,4-5,8-9,16H2,1-3H3. The molecular weight excluding hydrogens is 252 g/mol. The SMILES string of the molecule is CCN(CC)CCn1c(C(C)O)nc2cc(N)ccc21. The molecule has 20 heavy (non-hydrogen) atoms. The third-order valence-electron chi connectivity index (χ3n) is 3.71. The van der Waals surface area contributed by atoms with Gasteiger partial charge in [0.15, 0.2) is 0 Å². The minimum atomic E-state index is -0.583. The van der Waals surface area contributed by atoms with Gasteiger partial charge in [0, 0.05) is 18.8 Å². The van der Waals surface area contributed by atoms with E-state index in [1.54, 1.807) is 6.92 Å². The fraction of sp³-hybridized carbons (Fsp3) is 0.533. The Morgan fingerprint density at radius 1 is 1.35 bits per heavy atom. The average molecular weight is 276 g/mol. The number of aliphatic hydroxyl groups excluding tert-OH is 1. The van der Waals surface area contributed by atoms with Crippen LogP contribution in [0.3, 0.4) is 0 Å². The Kier molecular flexibility index (Phi) is 4.62. The molecule has 0 aliphatic carbocycles. The van der Waals surface area contributed by atoms with Crippen LogP contribution in [0, 0.1) is 0 Å². The zero-order valence-electron chi connectivity index (χ0n) is 12.5. The van der Waals surface area contributed by atoms with Crippen LogP contribution in [-0.2, 0) is 6.54 Å². The van der Waals surface area contributed by atoms with E-state index in [9.17, 15) is 5.11 Å². The smallest absolute Gasteiger partial charge is 0.138 e. The highest BCUT2D eigenvalue weighted by molar-refractivity contribution is 5.79. The van der Waals surface area contributed by atoms with Gasteiger partial charge in [-0.3, -0.25) is 0 Å². The lowest BCUT2D eigenvalue weighted by molar-refractivity contribution is 0.182. The Balaban J connectivity index is 2.36. The van der Waals surface area contributed by atoms with Crippen LogP contribution in [0.4, 0.5) is 5.69 Å². The molecule has 0 aliphatic heterocycles. The van der Waals surface area contributed by atoms with Crippen molar-refractivity contribution in [1.82, 2.24) is 14.5 Å². The van der Waals surface area contributed by atoms with Crippen molar-refractivity contribution in [3.05, 3.63) is 24.0 Å². The van der Waals surface area contributed by atoms with E-state index in [-0.39, 0.29) is 0 Å². The van der Waals surface area contributed by atoms with Gasteiger partial charge in [-0.2, -0.15) is 0 Å². The van der Waals surface area contributed by atoms with Gasteiger partial charge >= 0.3 is 0 Å². The molecule has 0 saturated carbocycles. The Morgan fingerprint density at radius 2 is 2.05 bits per heavy atom. The first-order chi connectivity index (χ1) is 9.56. The molecule has 1 heterocycles. The number of aliphatic hydroxyl groups is 1. The topological polar surface area (TPSA) is 67.3 Å². The van der Waals surface area contributed by atoms with Crippen LogP contribution in [-0.4, -0.2) is 39.2 Å². The molecule has 0 spiro atoms. The predicted molar refractivity (Wildman–Crippen MR) is 82.6 cm³/mol. The largest absolute Gasteiger partial charge is 0.399 e. The van der Waals surface area contributed by atoms with Crippen molar-refractivity contribution >= 4 is 16.7 Å². The van der Waals surface area contributed by atoms with Gasteiger partial charge in [-0.1, -0.05) is 13.8 Å². The molecule has 0 fully saturated rings. The molecule has 0 amide bonds. The van der Waals surface area contributed by atoms with Gasteiger partial charge in [0.25, 0.3) is 0 Å². The van der Waals surface area contributed by atoms with Crippen molar-refractivity contribution in [2.75, 3.05) is 25.4 Å². The van der Waals surface area contributed by atoms with Crippen LogP contribution >= 0.6 is 0 Å². The number of likely N-dealkylation sites (N-methyl/N-ethyl adjacent to an activating group) is 1. The Bertz CT molecular complexity index is 573. The summed E-state index contributed by atoms with van der Waals surface area (Å²) in [6.45, 7) is 9.89. The summed E-state index contributed by atoms with van der Waals surface area (Å²) >= 11 is 0. The maximum absolute atomic E-state index is 9.93. The third kappa shape index (κ3) is 2.94. The van der Waals surface area contributed by atoms with Gasteiger partial charge in [0.2, 0.25) is 0 Å². The molecule has 110 valence electrons. The van der Waals surface area contributed by atoms with Gasteiger partial charge in [-0.05, 0) is 38.2 Å². The van der Waals surface area contributed by atoms with E-state index < -0.39 is 6.10 Å². The maximum atomic E-state index is 9.93. The van der Waals surface area contributed by atoms with Crippen LogP contribution in [0.2, 0.25) is 0 Å². The van der Waals surface area contributed by atoms with Crippen molar-refractivity contribution in [1.29, 1.82) is 0 Å². The first-order valence-corrected chi connectivity index (χ1v) is 7.22. The van der Waals surface area contributed by atoms with Crippen molar-refractivity contribution < 1.29 is 5.11 Å². The van der Waals surface area contributed by atoms with E-state index in [1.807, 2.05) is 18.2 Å². The number of nitrogens with two attached hydrogens (primary N) is 1. The molecular formula is C15H24N4O. The quantitative estimate of drug-likeness (QED) is 0.792. The number of anilines is 1. The monoisotopic (exact) mass is 276 g/mol. The molecule has 0 saturated heterocycles. The lowest BCUT2D eigenvalue weighted by atomic mass is 10.3. The number of imidazole rings is 1. The van der Waals surface area contributed by atoms with Gasteiger partial charge in [-0.15, -0.1) is 0 Å². The number of rotatable bonds is 6. The maximum Gasteiger partial charge on any atom is 0.138 e. The highest BCUT2D eigenvalue weighted by Crippen LogP contribution is 2.22. The van der Waals surface area contributed by atoms with Crippen molar-refractivity contribution in [3.63, 3.8) is 0 Å². The highest BCUT2D eigenvalue weighted by atomic mass is 16.3. The van der Waals surface area contributed by atoms with Crippen molar-refractivity contribution in [3.8, 4) is 0 Å². The molecule has 1 aromatic carbocycles. The molecule has 2 aromatic rings. The molecule has 2 rings (SSSR count). The molecule has 0 aliphatic rings. The molecule has 5 heteroatoms. The zero-order valence-corrected chi connectivity index (χ0v) is 12.5. The van der Waals surface area contributed by atoms with Gasteiger partial charge in [0.1, 0.15) is 11.9 Å². The van der Waals surface area contributed by atoms with E-state index in [1.165, 1.54) is 0 Å². The summed E-state index contributed by atoms with van der Waals surface area (Å²) in [6, 6.07) is 5.71. The zero-order chi connectivity index (χ0) is 14.7. The molecule has 1 unspecified atom stereocenters. The molecule has 3 N–H and O–H groups in total. The average Bonchev–Trinajstić information content (AvgIpc) is 2.78. The summed E-state index contributed by atoms with van der Waals surface area (Å²) in [7, 11) is 0. The minimum absolute atomic E-state index is 0.583. The van der Waals surface area contributed by atoms with Gasteiger partial charge < -0.3 is 20.3 Å². The second-order valence-corrected chi connectivity index (χ2v) is 5.07. The molecule has 0 radical (unpaired) electrons. The van der Waals surface area contributed by atoms with E-state index in [4.69, 9.17) is 5.73 Å². The van der Waals surface area contributed by atoms with E-state index in [0.717, 1.165) is 37.2 Å². The minimum Gasteiger partial charge on any atom is -0.399 e. The summed E-state index contributed by atoms with van der Waals surface area (Å²) in [5, 5.41) is 9.93. The summed E-state index contributed by atoms with van der Waals surface area (Å²) in [5.41, 5.74) is 8.38. The van der Waals surface area contributed by atoms with E-state index in [2.05, 4.69) is 28.3 Å². The molecule has 5 nitrogen and oxygen atoms in total. The first-order valence-electron chi connectivity index (χ1n) is 7.22. The summed E-state index contributed by atoms with van der Waals surface area (Å²) in [5.74, 6) is 0.706. The normalized spacial score (nSPS) is 13.2.